The van der Waals surface area contributed by atoms with E-state index in [4.69, 9.17) is 10.5 Å². The molecule has 1 aliphatic rings. The molecule has 1 aromatic rings. The Morgan fingerprint density at radius 1 is 1.42 bits per heavy atom. The number of hydrogen-bond donors (Lipinski definition) is 1. The summed E-state index contributed by atoms with van der Waals surface area (Å²) in [7, 11) is 0. The molecule has 0 spiro atoms. The predicted octanol–water partition coefficient (Wildman–Crippen LogP) is 2.68. The molecule has 0 radical (unpaired) electrons. The average molecular weight is 262 g/mol. The number of nitrogen functional groups attached to an aromatic ring is 1. The van der Waals surface area contributed by atoms with Gasteiger partial charge in [0.2, 0.25) is 0 Å². The monoisotopic (exact) mass is 262 g/mol. The molecule has 4 nitrogen and oxygen atoms in total. The Morgan fingerprint density at radius 2 is 2.21 bits per heavy atom. The Labute approximate surface area is 114 Å². The lowest BCUT2D eigenvalue weighted by Crippen LogP contribution is -2.35. The van der Waals surface area contributed by atoms with Gasteiger partial charge in [-0.25, -0.2) is 0 Å². The number of anilines is 1. The minimum absolute atomic E-state index is 0.0672. The summed E-state index contributed by atoms with van der Waals surface area (Å²) in [4.78, 5) is 14.5. The highest BCUT2D eigenvalue weighted by Crippen LogP contribution is 2.25. The van der Waals surface area contributed by atoms with Gasteiger partial charge in [0, 0.05) is 29.9 Å². The van der Waals surface area contributed by atoms with E-state index in [0.717, 1.165) is 25.8 Å². The molecule has 0 bridgehead atoms. The van der Waals surface area contributed by atoms with Gasteiger partial charge in [0.1, 0.15) is 5.75 Å². The van der Waals surface area contributed by atoms with E-state index in [1.807, 2.05) is 11.8 Å². The second-order valence-electron chi connectivity index (χ2n) is 4.93. The number of likely N-dealkylation sites (tertiary alicyclic amines) is 1. The van der Waals surface area contributed by atoms with Gasteiger partial charge in [0.25, 0.3) is 5.91 Å². The molecule has 1 aliphatic heterocycles. The first-order chi connectivity index (χ1) is 9.15. The van der Waals surface area contributed by atoms with Crippen molar-refractivity contribution >= 4 is 11.6 Å². The minimum Gasteiger partial charge on any atom is -0.494 e. The minimum atomic E-state index is 0.0672. The van der Waals surface area contributed by atoms with Gasteiger partial charge in [-0.2, -0.15) is 0 Å². The van der Waals surface area contributed by atoms with E-state index in [-0.39, 0.29) is 5.91 Å². The van der Waals surface area contributed by atoms with Gasteiger partial charge < -0.3 is 15.4 Å². The van der Waals surface area contributed by atoms with Crippen molar-refractivity contribution in [3.63, 3.8) is 0 Å². The summed E-state index contributed by atoms with van der Waals surface area (Å²) >= 11 is 0. The van der Waals surface area contributed by atoms with Crippen molar-refractivity contribution in [3.8, 4) is 5.75 Å². The molecule has 1 amide bonds. The number of nitrogens with two attached hydrogens (primary N) is 1. The first-order valence-electron chi connectivity index (χ1n) is 7.00. The number of nitrogens with zero attached hydrogens (tertiary/aromatic N) is 1. The highest BCUT2D eigenvalue weighted by atomic mass is 16.5. The molecule has 1 heterocycles. The van der Waals surface area contributed by atoms with Crippen LogP contribution in [0.1, 0.15) is 43.5 Å². The third kappa shape index (κ3) is 3.00. The quantitative estimate of drug-likeness (QED) is 0.849. The van der Waals surface area contributed by atoms with Crippen molar-refractivity contribution in [1.82, 2.24) is 4.90 Å². The van der Waals surface area contributed by atoms with Gasteiger partial charge in [-0.15, -0.1) is 0 Å². The summed E-state index contributed by atoms with van der Waals surface area (Å²) in [6.07, 6.45) is 3.19. The zero-order chi connectivity index (χ0) is 13.8. The smallest absolute Gasteiger partial charge is 0.254 e. The fourth-order valence-electron chi connectivity index (χ4n) is 2.69. The maximum atomic E-state index is 12.5. The molecule has 0 aromatic heterocycles. The summed E-state index contributed by atoms with van der Waals surface area (Å²) in [6.45, 7) is 5.45. The highest BCUT2D eigenvalue weighted by molar-refractivity contribution is 5.96. The van der Waals surface area contributed by atoms with Gasteiger partial charge >= 0.3 is 0 Å². The van der Waals surface area contributed by atoms with Gasteiger partial charge in [-0.05, 0) is 38.3 Å². The van der Waals surface area contributed by atoms with E-state index in [1.165, 1.54) is 0 Å². The number of carbonyl (C=O) groups is 1. The van der Waals surface area contributed by atoms with Crippen LogP contribution in [0.25, 0.3) is 0 Å². The van der Waals surface area contributed by atoms with E-state index in [1.54, 1.807) is 18.2 Å². The number of ether oxygens (including phenoxy) is 1. The van der Waals surface area contributed by atoms with Gasteiger partial charge in [-0.3, -0.25) is 4.79 Å². The van der Waals surface area contributed by atoms with Gasteiger partial charge in [0.05, 0.1) is 6.61 Å². The van der Waals surface area contributed by atoms with Crippen LogP contribution in [0.4, 0.5) is 5.69 Å². The van der Waals surface area contributed by atoms with Crippen LogP contribution < -0.4 is 10.5 Å². The number of rotatable bonds is 4. The largest absolute Gasteiger partial charge is 0.494 e. The molecule has 0 saturated carbocycles. The lowest BCUT2D eigenvalue weighted by molar-refractivity contribution is 0.0733. The van der Waals surface area contributed by atoms with Crippen molar-refractivity contribution in [2.75, 3.05) is 18.9 Å². The fourth-order valence-corrected chi connectivity index (χ4v) is 2.69. The van der Waals surface area contributed by atoms with Crippen molar-refractivity contribution in [3.05, 3.63) is 23.8 Å². The Bertz CT molecular complexity index is 459. The molecular weight excluding hydrogens is 240 g/mol. The van der Waals surface area contributed by atoms with Crippen LogP contribution in [-0.4, -0.2) is 30.0 Å². The van der Waals surface area contributed by atoms with Crippen LogP contribution in [0, 0.1) is 0 Å². The zero-order valence-electron chi connectivity index (χ0n) is 11.7. The third-order valence-corrected chi connectivity index (χ3v) is 3.60. The molecule has 1 fully saturated rings. The van der Waals surface area contributed by atoms with Gasteiger partial charge in [-0.1, -0.05) is 6.92 Å². The van der Waals surface area contributed by atoms with Gasteiger partial charge in [0.15, 0.2) is 0 Å². The molecule has 2 rings (SSSR count). The summed E-state index contributed by atoms with van der Waals surface area (Å²) in [5.41, 5.74) is 7.04. The Hall–Kier alpha value is -1.71. The fraction of sp³-hybridized carbons (Fsp3) is 0.533. The Balaban J connectivity index is 2.23. The molecule has 0 aliphatic carbocycles. The van der Waals surface area contributed by atoms with Crippen LogP contribution in [-0.2, 0) is 0 Å². The summed E-state index contributed by atoms with van der Waals surface area (Å²) in [6, 6.07) is 5.63. The Morgan fingerprint density at radius 3 is 2.89 bits per heavy atom. The van der Waals surface area contributed by atoms with E-state index >= 15 is 0 Å². The first kappa shape index (κ1) is 13.7. The van der Waals surface area contributed by atoms with E-state index < -0.39 is 0 Å². The van der Waals surface area contributed by atoms with Crippen LogP contribution in [0.15, 0.2) is 18.2 Å². The Kier molecular flexibility index (Phi) is 4.30. The van der Waals surface area contributed by atoms with E-state index in [0.29, 0.717) is 29.6 Å². The van der Waals surface area contributed by atoms with Crippen molar-refractivity contribution in [1.29, 1.82) is 0 Å². The third-order valence-electron chi connectivity index (χ3n) is 3.60. The summed E-state index contributed by atoms with van der Waals surface area (Å²) in [5.74, 6) is 0.732. The van der Waals surface area contributed by atoms with E-state index in [9.17, 15) is 4.79 Å². The molecule has 104 valence electrons. The second kappa shape index (κ2) is 5.95. The molecular formula is C15H22N2O2. The van der Waals surface area contributed by atoms with Crippen molar-refractivity contribution in [2.24, 2.45) is 0 Å². The topological polar surface area (TPSA) is 55.6 Å². The predicted molar refractivity (Wildman–Crippen MR) is 76.4 cm³/mol. The molecule has 1 aromatic carbocycles. The van der Waals surface area contributed by atoms with E-state index in [2.05, 4.69) is 6.92 Å². The van der Waals surface area contributed by atoms with Crippen LogP contribution in [0.2, 0.25) is 0 Å². The maximum absolute atomic E-state index is 12.5. The second-order valence-corrected chi connectivity index (χ2v) is 4.93. The normalized spacial score (nSPS) is 18.6. The maximum Gasteiger partial charge on any atom is 0.254 e. The number of benzene rings is 1. The number of hydrogen-bond acceptors (Lipinski definition) is 3. The van der Waals surface area contributed by atoms with Crippen LogP contribution in [0.3, 0.4) is 0 Å². The molecule has 2 N–H and O–H groups in total. The van der Waals surface area contributed by atoms with Crippen LogP contribution in [0.5, 0.6) is 5.75 Å². The molecule has 1 saturated heterocycles. The van der Waals surface area contributed by atoms with Crippen molar-refractivity contribution < 1.29 is 9.53 Å². The molecule has 19 heavy (non-hydrogen) atoms. The van der Waals surface area contributed by atoms with Crippen LogP contribution >= 0.6 is 0 Å². The number of carbonyl (C=O) groups excluding carboxylic acids is 1. The first-order valence-corrected chi connectivity index (χ1v) is 7.00. The molecule has 1 atom stereocenters. The molecule has 4 heteroatoms. The zero-order valence-corrected chi connectivity index (χ0v) is 11.7. The van der Waals surface area contributed by atoms with Crippen molar-refractivity contribution in [2.45, 2.75) is 39.2 Å². The summed E-state index contributed by atoms with van der Waals surface area (Å²) < 4.78 is 5.44. The SMILES string of the molecule is CCOc1cc(N)cc(C(=O)N2CCCC2CC)c1. The lowest BCUT2D eigenvalue weighted by Gasteiger charge is -2.24. The lowest BCUT2D eigenvalue weighted by atomic mass is 10.1. The summed E-state index contributed by atoms with van der Waals surface area (Å²) in [5, 5.41) is 0. The average Bonchev–Trinajstić information content (AvgIpc) is 2.85. The highest BCUT2D eigenvalue weighted by Gasteiger charge is 2.28. The standard InChI is InChI=1S/C15H22N2O2/c1-3-13-6-5-7-17(13)15(18)11-8-12(16)10-14(9-11)19-4-2/h8-10,13H,3-7,16H2,1-2H3. The molecule has 1 unspecified atom stereocenters. The number of amides is 1.